The highest BCUT2D eigenvalue weighted by molar-refractivity contribution is 8.00. The number of nitrogens with one attached hydrogen (secondary N) is 2. The van der Waals surface area contributed by atoms with Crippen molar-refractivity contribution < 1.29 is 19.5 Å². The van der Waals surface area contributed by atoms with Crippen LogP contribution in [0.15, 0.2) is 0 Å². The van der Waals surface area contributed by atoms with Gasteiger partial charge < -0.3 is 10.4 Å². The van der Waals surface area contributed by atoms with Crippen molar-refractivity contribution in [2.75, 3.05) is 18.1 Å². The van der Waals surface area contributed by atoms with Crippen LogP contribution in [0.25, 0.3) is 0 Å². The maximum Gasteiger partial charge on any atom is 0.321 e. The Morgan fingerprint density at radius 2 is 2.00 bits per heavy atom. The van der Waals surface area contributed by atoms with Crippen molar-refractivity contribution >= 4 is 29.7 Å². The van der Waals surface area contributed by atoms with Gasteiger partial charge in [0, 0.05) is 6.54 Å². The minimum Gasteiger partial charge on any atom is -0.481 e. The maximum absolute atomic E-state index is 11.4. The third kappa shape index (κ3) is 6.47. The number of hydrogen-bond donors (Lipinski definition) is 3. The number of urea groups is 1. The molecule has 108 valence electrons. The molecule has 0 unspecified atom stereocenters. The Morgan fingerprint density at radius 3 is 2.53 bits per heavy atom. The number of rotatable bonds is 8. The number of aliphatic carboxylic acids is 1. The Kier molecular flexibility index (Phi) is 6.14. The number of thioether (sulfide) groups is 1. The summed E-state index contributed by atoms with van der Waals surface area (Å²) in [5, 5.41) is 13.5. The molecule has 0 atom stereocenters. The van der Waals surface area contributed by atoms with Crippen LogP contribution in [0.2, 0.25) is 0 Å². The predicted molar refractivity (Wildman–Crippen MR) is 73.1 cm³/mol. The quantitative estimate of drug-likeness (QED) is 0.624. The minimum atomic E-state index is -0.790. The van der Waals surface area contributed by atoms with E-state index in [4.69, 9.17) is 5.11 Å². The van der Waals surface area contributed by atoms with Crippen molar-refractivity contribution in [3.8, 4) is 0 Å². The average Bonchev–Trinajstić information content (AvgIpc) is 3.05. The first kappa shape index (κ1) is 15.8. The van der Waals surface area contributed by atoms with E-state index in [0.717, 1.165) is 19.3 Å². The third-order valence-electron chi connectivity index (χ3n) is 2.91. The molecule has 0 aromatic rings. The van der Waals surface area contributed by atoms with E-state index < -0.39 is 12.0 Å². The van der Waals surface area contributed by atoms with Gasteiger partial charge in [-0.05, 0) is 30.4 Å². The maximum atomic E-state index is 11.4. The van der Waals surface area contributed by atoms with Gasteiger partial charge in [-0.2, -0.15) is 11.8 Å². The van der Waals surface area contributed by atoms with Gasteiger partial charge in [0.05, 0.1) is 12.2 Å². The molecule has 0 aromatic heterocycles. The molecule has 3 N–H and O–H groups in total. The van der Waals surface area contributed by atoms with Gasteiger partial charge in [0.1, 0.15) is 0 Å². The van der Waals surface area contributed by atoms with Gasteiger partial charge in [0.15, 0.2) is 0 Å². The second kappa shape index (κ2) is 7.37. The van der Waals surface area contributed by atoms with Gasteiger partial charge in [0.2, 0.25) is 5.91 Å². The topological polar surface area (TPSA) is 95.5 Å². The number of carboxylic acids is 1. The Morgan fingerprint density at radius 1 is 1.32 bits per heavy atom. The Hall–Kier alpha value is -1.24. The molecule has 0 spiro atoms. The van der Waals surface area contributed by atoms with Gasteiger partial charge in [-0.1, -0.05) is 6.92 Å². The van der Waals surface area contributed by atoms with Crippen molar-refractivity contribution in [1.82, 2.24) is 10.6 Å². The molecule has 1 aliphatic rings. The summed E-state index contributed by atoms with van der Waals surface area (Å²) in [6.45, 7) is 2.46. The van der Waals surface area contributed by atoms with Crippen LogP contribution >= 0.6 is 11.8 Å². The number of carbonyl (C=O) groups is 3. The van der Waals surface area contributed by atoms with E-state index in [9.17, 15) is 14.4 Å². The van der Waals surface area contributed by atoms with Gasteiger partial charge >= 0.3 is 12.0 Å². The second-order valence-electron chi connectivity index (χ2n) is 4.87. The lowest BCUT2D eigenvalue weighted by molar-refractivity contribution is -0.138. The first-order valence-corrected chi connectivity index (χ1v) is 7.50. The summed E-state index contributed by atoms with van der Waals surface area (Å²) in [5.74, 6) is -0.296. The van der Waals surface area contributed by atoms with Gasteiger partial charge in [0.25, 0.3) is 0 Å². The standard InChI is InChI=1S/C12H20N2O4S/c1-2-5-13-11(18)14-9(15)7-19-8-12(3-4-12)6-10(16)17/h2-8H2,1H3,(H,16,17)(H2,13,14,15,18). The summed E-state index contributed by atoms with van der Waals surface area (Å²) in [7, 11) is 0. The third-order valence-corrected chi connectivity index (χ3v) is 4.20. The van der Waals surface area contributed by atoms with Crippen LogP contribution in [0.3, 0.4) is 0 Å². The van der Waals surface area contributed by atoms with Gasteiger partial charge in [-0.3, -0.25) is 14.9 Å². The first-order valence-electron chi connectivity index (χ1n) is 6.35. The normalized spacial score (nSPS) is 15.6. The zero-order chi connectivity index (χ0) is 14.3. The average molecular weight is 288 g/mol. The highest BCUT2D eigenvalue weighted by Crippen LogP contribution is 2.50. The fraction of sp³-hybridized carbons (Fsp3) is 0.750. The number of carboxylic acid groups (broad SMARTS) is 1. The van der Waals surface area contributed by atoms with Crippen LogP contribution in [0.4, 0.5) is 4.79 Å². The number of carbonyl (C=O) groups excluding carboxylic acids is 2. The molecular weight excluding hydrogens is 268 g/mol. The predicted octanol–water partition coefficient (Wildman–Crippen LogP) is 1.21. The van der Waals surface area contributed by atoms with Crippen LogP contribution in [0, 0.1) is 5.41 Å². The minimum absolute atomic E-state index is 0.124. The molecule has 0 heterocycles. The highest BCUT2D eigenvalue weighted by atomic mass is 32.2. The van der Waals surface area contributed by atoms with Gasteiger partial charge in [-0.25, -0.2) is 4.79 Å². The highest BCUT2D eigenvalue weighted by Gasteiger charge is 2.44. The van der Waals surface area contributed by atoms with E-state index in [-0.39, 0.29) is 23.5 Å². The lowest BCUT2D eigenvalue weighted by Gasteiger charge is -2.11. The number of imide groups is 1. The van der Waals surface area contributed by atoms with E-state index >= 15 is 0 Å². The van der Waals surface area contributed by atoms with Gasteiger partial charge in [-0.15, -0.1) is 0 Å². The smallest absolute Gasteiger partial charge is 0.321 e. The van der Waals surface area contributed by atoms with Crippen molar-refractivity contribution in [2.45, 2.75) is 32.6 Å². The monoisotopic (exact) mass is 288 g/mol. The molecule has 7 heteroatoms. The van der Waals surface area contributed by atoms with E-state index in [2.05, 4.69) is 10.6 Å². The molecule has 6 nitrogen and oxygen atoms in total. The lowest BCUT2D eigenvalue weighted by atomic mass is 10.1. The molecule has 19 heavy (non-hydrogen) atoms. The van der Waals surface area contributed by atoms with E-state index in [1.165, 1.54) is 11.8 Å². The van der Waals surface area contributed by atoms with Crippen LogP contribution in [0.5, 0.6) is 0 Å². The lowest BCUT2D eigenvalue weighted by Crippen LogP contribution is -2.40. The largest absolute Gasteiger partial charge is 0.481 e. The Labute approximate surface area is 116 Å². The summed E-state index contributed by atoms with van der Waals surface area (Å²) in [6, 6.07) is -0.473. The zero-order valence-electron chi connectivity index (χ0n) is 11.0. The molecule has 3 amide bonds. The molecule has 0 saturated heterocycles. The summed E-state index contributed by atoms with van der Waals surface area (Å²) in [4.78, 5) is 33.3. The molecule has 0 bridgehead atoms. The fourth-order valence-corrected chi connectivity index (χ4v) is 2.86. The van der Waals surface area contributed by atoms with Crippen LogP contribution in [0.1, 0.15) is 32.6 Å². The van der Waals surface area contributed by atoms with Crippen molar-refractivity contribution in [3.63, 3.8) is 0 Å². The Bertz CT molecular complexity index is 356. The summed E-state index contributed by atoms with van der Waals surface area (Å²) in [5.41, 5.74) is -0.124. The zero-order valence-corrected chi connectivity index (χ0v) is 11.8. The van der Waals surface area contributed by atoms with E-state index in [1.54, 1.807) is 0 Å². The molecule has 0 aromatic carbocycles. The van der Waals surface area contributed by atoms with Crippen molar-refractivity contribution in [3.05, 3.63) is 0 Å². The van der Waals surface area contributed by atoms with Crippen molar-refractivity contribution in [1.29, 1.82) is 0 Å². The SMILES string of the molecule is CCCNC(=O)NC(=O)CSCC1(CC(=O)O)CC1. The number of hydrogen-bond acceptors (Lipinski definition) is 4. The summed E-state index contributed by atoms with van der Waals surface area (Å²) in [6.07, 6.45) is 2.79. The second-order valence-corrected chi connectivity index (χ2v) is 5.85. The van der Waals surface area contributed by atoms with Crippen LogP contribution in [-0.2, 0) is 9.59 Å². The number of amides is 3. The van der Waals surface area contributed by atoms with Crippen LogP contribution < -0.4 is 10.6 Å². The first-order chi connectivity index (χ1) is 8.97. The summed E-state index contributed by atoms with van der Waals surface area (Å²) >= 11 is 1.38. The Balaban J connectivity index is 2.14. The fourth-order valence-electron chi connectivity index (χ4n) is 1.68. The van der Waals surface area contributed by atoms with E-state index in [1.807, 2.05) is 6.92 Å². The van der Waals surface area contributed by atoms with Crippen LogP contribution in [-0.4, -0.2) is 41.1 Å². The van der Waals surface area contributed by atoms with Crippen molar-refractivity contribution in [2.24, 2.45) is 5.41 Å². The molecule has 1 saturated carbocycles. The molecule has 0 aliphatic heterocycles. The van der Waals surface area contributed by atoms with E-state index in [0.29, 0.717) is 12.3 Å². The molecular formula is C12H20N2O4S. The molecule has 1 aliphatic carbocycles. The summed E-state index contributed by atoms with van der Waals surface area (Å²) < 4.78 is 0. The molecule has 1 rings (SSSR count). The molecule has 0 radical (unpaired) electrons. The molecule has 1 fully saturated rings.